The maximum atomic E-state index is 10.1. The van der Waals surface area contributed by atoms with Gasteiger partial charge in [0.1, 0.15) is 0 Å². The molecular formula is C32H13N5. The van der Waals surface area contributed by atoms with E-state index in [0.29, 0.717) is 10.8 Å². The Morgan fingerprint density at radius 2 is 1.14 bits per heavy atom. The third-order valence-electron chi connectivity index (χ3n) is 7.20. The van der Waals surface area contributed by atoms with Crippen LogP contribution in [0.5, 0.6) is 0 Å². The molecule has 5 nitrogen and oxygen atoms in total. The van der Waals surface area contributed by atoms with Crippen molar-refractivity contribution < 1.29 is 0 Å². The van der Waals surface area contributed by atoms with E-state index in [0.717, 1.165) is 48.9 Å². The molecule has 37 heavy (non-hydrogen) atoms. The molecule has 7 rings (SSSR count). The summed E-state index contributed by atoms with van der Waals surface area (Å²) in [6.07, 6.45) is 0. The first-order chi connectivity index (χ1) is 18.2. The summed E-state index contributed by atoms with van der Waals surface area (Å²) in [5.41, 5.74) is 3.08. The highest BCUT2D eigenvalue weighted by Gasteiger charge is 2.22. The first-order valence-electron chi connectivity index (χ1n) is 11.5. The van der Waals surface area contributed by atoms with E-state index in [4.69, 9.17) is 19.7 Å². The lowest BCUT2D eigenvalue weighted by Crippen LogP contribution is -1.93. The highest BCUT2D eigenvalue weighted by Crippen LogP contribution is 2.49. The van der Waals surface area contributed by atoms with Crippen LogP contribution in [0.2, 0.25) is 0 Å². The van der Waals surface area contributed by atoms with Crippen LogP contribution < -0.4 is 0 Å². The smallest absolute Gasteiger partial charge is 0.202 e. The minimum absolute atomic E-state index is 0.0595. The number of pyridine rings is 1. The topological polar surface area (TPSA) is 41.3 Å². The lowest BCUT2D eigenvalue weighted by Gasteiger charge is -2.15. The van der Waals surface area contributed by atoms with Crippen LogP contribution in [0.3, 0.4) is 0 Å². The number of nitrogens with zero attached hydrogens (tertiary/aromatic N) is 5. The Balaban J connectivity index is 1.86. The second-order valence-corrected chi connectivity index (χ2v) is 8.95. The second-order valence-electron chi connectivity index (χ2n) is 8.95. The molecule has 0 bridgehead atoms. The average molecular weight is 467 g/mol. The molecule has 0 aliphatic heterocycles. The fourth-order valence-electron chi connectivity index (χ4n) is 5.61. The Morgan fingerprint density at radius 3 is 1.81 bits per heavy atom. The van der Waals surface area contributed by atoms with Gasteiger partial charge in [-0.2, -0.15) is 5.26 Å². The molecule has 0 N–H and O–H groups in total. The van der Waals surface area contributed by atoms with Crippen LogP contribution in [-0.2, 0) is 0 Å². The van der Waals surface area contributed by atoms with Crippen molar-refractivity contribution >= 4 is 76.7 Å². The van der Waals surface area contributed by atoms with E-state index in [1.54, 1.807) is 0 Å². The van der Waals surface area contributed by atoms with Gasteiger partial charge in [-0.05, 0) is 57.3 Å². The summed E-state index contributed by atoms with van der Waals surface area (Å²) in [5, 5.41) is 17.4. The van der Waals surface area contributed by atoms with Gasteiger partial charge in [0.2, 0.25) is 11.4 Å². The standard InChI is InChI=1S/C32H13N5/c1-34-30-25-15-24-21-12-18-8-4-5-9-19(18)13-23(21)28-14-20-10-6-7-11-27(20)37(28)29(24)16-22(25)26(17-33)31(35-2)32(30)36-3/h4-16H. The van der Waals surface area contributed by atoms with Gasteiger partial charge >= 0.3 is 0 Å². The van der Waals surface area contributed by atoms with Crippen LogP contribution in [-0.4, -0.2) is 4.40 Å². The number of benzene rings is 5. The van der Waals surface area contributed by atoms with Crippen molar-refractivity contribution in [3.05, 3.63) is 119 Å². The molecule has 2 aromatic heterocycles. The van der Waals surface area contributed by atoms with Gasteiger partial charge in [0.15, 0.2) is 5.69 Å². The summed E-state index contributed by atoms with van der Waals surface area (Å²) < 4.78 is 2.19. The van der Waals surface area contributed by atoms with Crippen LogP contribution in [0.1, 0.15) is 5.56 Å². The minimum atomic E-state index is -0.0596. The van der Waals surface area contributed by atoms with Crippen LogP contribution in [0.25, 0.3) is 74.2 Å². The maximum Gasteiger partial charge on any atom is 0.202 e. The monoisotopic (exact) mass is 467 g/mol. The first kappa shape index (κ1) is 20.5. The Morgan fingerprint density at radius 1 is 0.541 bits per heavy atom. The molecule has 0 aliphatic rings. The molecule has 0 saturated carbocycles. The number of fused-ring (bicyclic) bond motifs is 10. The van der Waals surface area contributed by atoms with Gasteiger partial charge in [-0.1, -0.05) is 48.5 Å². The fraction of sp³-hybridized carbons (Fsp3) is 0. The van der Waals surface area contributed by atoms with Gasteiger partial charge in [0.05, 0.1) is 47.9 Å². The van der Waals surface area contributed by atoms with Crippen LogP contribution >= 0.6 is 0 Å². The molecule has 0 unspecified atom stereocenters. The van der Waals surface area contributed by atoms with E-state index in [1.165, 1.54) is 0 Å². The number of hydrogen-bond acceptors (Lipinski definition) is 1. The van der Waals surface area contributed by atoms with Crippen LogP contribution in [0, 0.1) is 31.0 Å². The molecule has 0 spiro atoms. The highest BCUT2D eigenvalue weighted by molar-refractivity contribution is 6.23. The van der Waals surface area contributed by atoms with E-state index < -0.39 is 0 Å². The lowest BCUT2D eigenvalue weighted by molar-refractivity contribution is 1.35. The zero-order valence-corrected chi connectivity index (χ0v) is 19.2. The summed E-state index contributed by atoms with van der Waals surface area (Å²) >= 11 is 0. The molecular weight excluding hydrogens is 454 g/mol. The number of para-hydroxylation sites is 1. The Labute approximate surface area is 211 Å². The third kappa shape index (κ3) is 2.58. The molecule has 5 heteroatoms. The molecule has 5 aromatic carbocycles. The van der Waals surface area contributed by atoms with E-state index in [1.807, 2.05) is 36.4 Å². The van der Waals surface area contributed by atoms with Gasteiger partial charge in [-0.3, -0.25) is 14.5 Å². The van der Waals surface area contributed by atoms with Gasteiger partial charge in [-0.25, -0.2) is 0 Å². The molecule has 0 atom stereocenters. The number of nitriles is 1. The fourth-order valence-corrected chi connectivity index (χ4v) is 5.61. The lowest BCUT2D eigenvalue weighted by atomic mass is 9.94. The largest absolute Gasteiger partial charge is 0.309 e. The quantitative estimate of drug-likeness (QED) is 0.124. The van der Waals surface area contributed by atoms with Gasteiger partial charge in [-0.15, -0.1) is 0 Å². The molecule has 0 aliphatic carbocycles. The van der Waals surface area contributed by atoms with Crippen LogP contribution in [0.4, 0.5) is 17.1 Å². The minimum Gasteiger partial charge on any atom is -0.309 e. The average Bonchev–Trinajstić information content (AvgIpc) is 3.34. The van der Waals surface area contributed by atoms with Gasteiger partial charge in [0.25, 0.3) is 0 Å². The third-order valence-corrected chi connectivity index (χ3v) is 7.20. The second kappa shape index (κ2) is 7.31. The summed E-state index contributed by atoms with van der Waals surface area (Å²) in [6.45, 7) is 23.2. The number of aromatic nitrogens is 1. The van der Waals surface area contributed by atoms with Gasteiger partial charge in [0, 0.05) is 16.2 Å². The zero-order valence-electron chi connectivity index (χ0n) is 19.2. The summed E-state index contributed by atoms with van der Waals surface area (Å²) in [7, 11) is 0. The van der Waals surface area contributed by atoms with E-state index in [9.17, 15) is 5.26 Å². The summed E-state index contributed by atoms with van der Waals surface area (Å²) in [5.74, 6) is 0. The van der Waals surface area contributed by atoms with Crippen molar-refractivity contribution in [3.63, 3.8) is 0 Å². The molecule has 0 saturated heterocycles. The Hall–Kier alpha value is -5.88. The van der Waals surface area contributed by atoms with Crippen LogP contribution in [0.15, 0.2) is 78.9 Å². The molecule has 7 aromatic rings. The predicted octanol–water partition coefficient (Wildman–Crippen LogP) is 9.23. The van der Waals surface area contributed by atoms with E-state index >= 15 is 0 Å². The van der Waals surface area contributed by atoms with Crippen molar-refractivity contribution in [2.24, 2.45) is 0 Å². The highest BCUT2D eigenvalue weighted by atomic mass is 14.9. The SMILES string of the molecule is [C-]#[N+]c1c([N+]#[C-])c([N+]#[C-])c2cc3c4cc5ccccc5cc4c4cc5ccccc5n4c3cc2c1C#N. The molecule has 2 heterocycles. The van der Waals surface area contributed by atoms with E-state index in [-0.39, 0.29) is 22.6 Å². The number of hydrogen-bond donors (Lipinski definition) is 0. The normalized spacial score (nSPS) is 11.1. The van der Waals surface area contributed by atoms with Crippen molar-refractivity contribution in [1.29, 1.82) is 5.26 Å². The van der Waals surface area contributed by atoms with Gasteiger partial charge < -0.3 is 4.40 Å². The molecule has 0 radical (unpaired) electrons. The number of rotatable bonds is 0. The Bertz CT molecular complexity index is 2350. The molecule has 166 valence electrons. The molecule has 0 fully saturated rings. The maximum absolute atomic E-state index is 10.1. The molecule has 0 amide bonds. The summed E-state index contributed by atoms with van der Waals surface area (Å²) in [6, 6.07) is 28.9. The summed E-state index contributed by atoms with van der Waals surface area (Å²) in [4.78, 5) is 10.7. The van der Waals surface area contributed by atoms with Crippen molar-refractivity contribution in [3.8, 4) is 6.07 Å². The zero-order chi connectivity index (χ0) is 25.3. The van der Waals surface area contributed by atoms with Crippen molar-refractivity contribution in [2.45, 2.75) is 0 Å². The van der Waals surface area contributed by atoms with E-state index in [2.05, 4.69) is 67.5 Å². The first-order valence-corrected chi connectivity index (χ1v) is 11.5. The Kier molecular flexibility index (Phi) is 4.05. The predicted molar refractivity (Wildman–Crippen MR) is 148 cm³/mol. The van der Waals surface area contributed by atoms with Crippen molar-refractivity contribution in [2.75, 3.05) is 0 Å². The van der Waals surface area contributed by atoms with Crippen molar-refractivity contribution in [1.82, 2.24) is 4.40 Å².